The van der Waals surface area contributed by atoms with Gasteiger partial charge in [-0.25, -0.2) is 4.98 Å². The van der Waals surface area contributed by atoms with Gasteiger partial charge in [0.2, 0.25) is 0 Å². The van der Waals surface area contributed by atoms with Crippen LogP contribution in [0, 0.1) is 0 Å². The number of hydrogen-bond acceptors (Lipinski definition) is 5. The first kappa shape index (κ1) is 17.9. The van der Waals surface area contributed by atoms with Crippen LogP contribution in [0.3, 0.4) is 0 Å². The Morgan fingerprint density at radius 3 is 2.74 bits per heavy atom. The van der Waals surface area contributed by atoms with E-state index in [1.54, 1.807) is 29.4 Å². The van der Waals surface area contributed by atoms with Crippen molar-refractivity contribution < 1.29 is 9.21 Å². The second-order valence-electron chi connectivity index (χ2n) is 6.91. The van der Waals surface area contributed by atoms with Gasteiger partial charge in [0, 0.05) is 23.7 Å². The molecular weight excluding hydrogens is 358 g/mol. The number of furan rings is 1. The summed E-state index contributed by atoms with van der Waals surface area (Å²) in [7, 11) is 1.80. The van der Waals surface area contributed by atoms with Gasteiger partial charge < -0.3 is 9.32 Å². The van der Waals surface area contributed by atoms with Crippen LogP contribution in [0.25, 0.3) is 10.6 Å². The molecule has 0 aliphatic carbocycles. The van der Waals surface area contributed by atoms with E-state index in [-0.39, 0.29) is 5.91 Å². The third-order valence-corrected chi connectivity index (χ3v) is 5.80. The molecule has 27 heavy (non-hydrogen) atoms. The van der Waals surface area contributed by atoms with E-state index < -0.39 is 0 Å². The predicted octanol–water partition coefficient (Wildman–Crippen LogP) is 4.27. The first-order valence-electron chi connectivity index (χ1n) is 9.26. The Morgan fingerprint density at radius 1 is 1.19 bits per heavy atom. The summed E-state index contributed by atoms with van der Waals surface area (Å²) >= 11 is 1.61. The number of likely N-dealkylation sites (tertiary alicyclic amines) is 1. The van der Waals surface area contributed by atoms with E-state index in [0.29, 0.717) is 12.3 Å². The van der Waals surface area contributed by atoms with Crippen molar-refractivity contribution in [1.29, 1.82) is 0 Å². The lowest BCUT2D eigenvalue weighted by Crippen LogP contribution is -2.25. The molecule has 0 radical (unpaired) electrons. The summed E-state index contributed by atoms with van der Waals surface area (Å²) in [5.74, 6) is 1.16. The average molecular weight is 382 g/mol. The molecule has 3 heterocycles. The van der Waals surface area contributed by atoms with Crippen molar-refractivity contribution in [2.45, 2.75) is 25.9 Å². The van der Waals surface area contributed by atoms with Gasteiger partial charge in [0.05, 0.1) is 13.1 Å². The van der Waals surface area contributed by atoms with Crippen molar-refractivity contribution in [3.63, 3.8) is 0 Å². The number of nitrogens with zero attached hydrogens (tertiary/aromatic N) is 3. The maximum absolute atomic E-state index is 12.7. The molecule has 3 aromatic rings. The fraction of sp³-hybridized carbons (Fsp3) is 0.333. The molecule has 2 aromatic heterocycles. The lowest BCUT2D eigenvalue weighted by Gasteiger charge is -2.14. The van der Waals surface area contributed by atoms with Crippen LogP contribution in [0.1, 0.15) is 34.0 Å². The number of carbonyl (C=O) groups excluding carboxylic acids is 1. The van der Waals surface area contributed by atoms with Crippen LogP contribution >= 0.6 is 11.3 Å². The van der Waals surface area contributed by atoms with E-state index in [1.807, 2.05) is 42.6 Å². The molecule has 1 amide bonds. The molecule has 1 aliphatic heterocycles. The van der Waals surface area contributed by atoms with E-state index in [0.717, 1.165) is 40.8 Å². The molecule has 0 atom stereocenters. The summed E-state index contributed by atoms with van der Waals surface area (Å²) in [5, 5.41) is 0.970. The smallest absolute Gasteiger partial charge is 0.289 e. The van der Waals surface area contributed by atoms with Crippen LogP contribution in [0.4, 0.5) is 0 Å². The van der Waals surface area contributed by atoms with Crippen molar-refractivity contribution >= 4 is 17.2 Å². The number of aromatic nitrogens is 1. The van der Waals surface area contributed by atoms with E-state index in [4.69, 9.17) is 4.42 Å². The molecular formula is C21H23N3O2S. The Kier molecular flexibility index (Phi) is 5.36. The van der Waals surface area contributed by atoms with Crippen LogP contribution in [0.2, 0.25) is 0 Å². The first-order chi connectivity index (χ1) is 13.2. The molecule has 0 unspecified atom stereocenters. The van der Waals surface area contributed by atoms with Crippen LogP contribution < -0.4 is 0 Å². The van der Waals surface area contributed by atoms with Gasteiger partial charge in [-0.15, -0.1) is 11.3 Å². The Balaban J connectivity index is 1.38. The molecule has 1 saturated heterocycles. The van der Waals surface area contributed by atoms with Gasteiger partial charge in [-0.3, -0.25) is 9.69 Å². The summed E-state index contributed by atoms with van der Waals surface area (Å²) < 4.78 is 5.80. The minimum Gasteiger partial charge on any atom is -0.455 e. The lowest BCUT2D eigenvalue weighted by atomic mass is 10.2. The van der Waals surface area contributed by atoms with E-state index >= 15 is 0 Å². The summed E-state index contributed by atoms with van der Waals surface area (Å²) in [6.07, 6.45) is 4.34. The van der Waals surface area contributed by atoms with Crippen LogP contribution in [-0.4, -0.2) is 40.8 Å². The molecule has 6 heteroatoms. The number of benzene rings is 1. The Morgan fingerprint density at radius 2 is 1.96 bits per heavy atom. The number of carbonyl (C=O) groups is 1. The number of rotatable bonds is 6. The van der Waals surface area contributed by atoms with Gasteiger partial charge in [-0.2, -0.15) is 0 Å². The highest BCUT2D eigenvalue weighted by Crippen LogP contribution is 2.26. The van der Waals surface area contributed by atoms with Crippen molar-refractivity contribution in [2.24, 2.45) is 0 Å². The van der Waals surface area contributed by atoms with E-state index in [1.165, 1.54) is 12.8 Å². The number of thiazole rings is 1. The Labute approximate surface area is 163 Å². The van der Waals surface area contributed by atoms with Crippen molar-refractivity contribution in [3.8, 4) is 10.6 Å². The second kappa shape index (κ2) is 8.06. The highest BCUT2D eigenvalue weighted by atomic mass is 32.1. The van der Waals surface area contributed by atoms with Crippen LogP contribution in [-0.2, 0) is 13.1 Å². The zero-order valence-corrected chi connectivity index (χ0v) is 16.2. The molecule has 1 fully saturated rings. The van der Waals surface area contributed by atoms with Crippen molar-refractivity contribution in [2.75, 3.05) is 20.1 Å². The van der Waals surface area contributed by atoms with Gasteiger partial charge in [-0.1, -0.05) is 30.3 Å². The minimum absolute atomic E-state index is 0.0997. The fourth-order valence-electron chi connectivity index (χ4n) is 3.33. The van der Waals surface area contributed by atoms with Crippen molar-refractivity contribution in [3.05, 3.63) is 65.1 Å². The van der Waals surface area contributed by atoms with Gasteiger partial charge in [0.15, 0.2) is 5.76 Å². The molecule has 140 valence electrons. The Bertz CT molecular complexity index is 897. The summed E-state index contributed by atoms with van der Waals surface area (Å²) in [6, 6.07) is 13.8. The second-order valence-corrected chi connectivity index (χ2v) is 8.02. The van der Waals surface area contributed by atoms with E-state index in [2.05, 4.69) is 9.88 Å². The van der Waals surface area contributed by atoms with Crippen LogP contribution in [0.5, 0.6) is 0 Å². The zero-order valence-electron chi connectivity index (χ0n) is 15.4. The topological polar surface area (TPSA) is 49.6 Å². The fourth-order valence-corrected chi connectivity index (χ4v) is 4.30. The summed E-state index contributed by atoms with van der Waals surface area (Å²) in [4.78, 5) is 22.3. The summed E-state index contributed by atoms with van der Waals surface area (Å²) in [6.45, 7) is 3.52. The van der Waals surface area contributed by atoms with Crippen molar-refractivity contribution in [1.82, 2.24) is 14.8 Å². The van der Waals surface area contributed by atoms with Gasteiger partial charge in [-0.05, 0) is 38.1 Å². The predicted molar refractivity (Wildman–Crippen MR) is 107 cm³/mol. The highest BCUT2D eigenvalue weighted by molar-refractivity contribution is 7.15. The lowest BCUT2D eigenvalue weighted by molar-refractivity contribution is 0.0751. The maximum Gasteiger partial charge on any atom is 0.289 e. The standard InChI is InChI=1S/C21H23N3O2S/c1-23(15-18-13-22-20(27-18)16-7-3-2-4-8-16)21(25)19-10-9-17(26-19)14-24-11-5-6-12-24/h2-4,7-10,13H,5-6,11-12,14-15H2,1H3. The van der Waals surface area contributed by atoms with Gasteiger partial charge in [0.1, 0.15) is 10.8 Å². The average Bonchev–Trinajstić information content (AvgIpc) is 3.44. The molecule has 5 nitrogen and oxygen atoms in total. The van der Waals surface area contributed by atoms with Crippen LogP contribution in [0.15, 0.2) is 53.1 Å². The molecule has 4 rings (SSSR count). The first-order valence-corrected chi connectivity index (χ1v) is 10.1. The maximum atomic E-state index is 12.7. The van der Waals surface area contributed by atoms with Gasteiger partial charge >= 0.3 is 0 Å². The third kappa shape index (κ3) is 4.28. The summed E-state index contributed by atoms with van der Waals surface area (Å²) in [5.41, 5.74) is 1.10. The third-order valence-electron chi connectivity index (χ3n) is 4.76. The number of hydrogen-bond donors (Lipinski definition) is 0. The highest BCUT2D eigenvalue weighted by Gasteiger charge is 2.19. The number of amides is 1. The molecule has 1 aliphatic rings. The molecule has 0 spiro atoms. The molecule has 1 aromatic carbocycles. The quantitative estimate of drug-likeness (QED) is 0.640. The molecule has 0 bridgehead atoms. The zero-order chi connectivity index (χ0) is 18.6. The normalized spacial score (nSPS) is 14.6. The van der Waals surface area contributed by atoms with Gasteiger partial charge in [0.25, 0.3) is 5.91 Å². The molecule has 0 N–H and O–H groups in total. The minimum atomic E-state index is -0.0997. The largest absolute Gasteiger partial charge is 0.455 e. The molecule has 0 saturated carbocycles. The Hall–Kier alpha value is -2.44. The van der Waals surface area contributed by atoms with E-state index in [9.17, 15) is 4.79 Å². The SMILES string of the molecule is CN(Cc1cnc(-c2ccccc2)s1)C(=O)c1ccc(CN2CCCC2)o1. The monoisotopic (exact) mass is 381 g/mol.